The number of benzene rings is 1. The van der Waals surface area contributed by atoms with Gasteiger partial charge in [-0.05, 0) is 21.5 Å². The first-order valence-electron chi connectivity index (χ1n) is 5.25. The van der Waals surface area contributed by atoms with Crippen molar-refractivity contribution in [3.05, 3.63) is 50.9 Å². The Balaban J connectivity index is 2.08. The minimum absolute atomic E-state index is 0.210. The summed E-state index contributed by atoms with van der Waals surface area (Å²) in [5.41, 5.74) is 0.978. The second-order valence-electron chi connectivity index (χ2n) is 3.49. The van der Waals surface area contributed by atoms with Crippen LogP contribution in [-0.2, 0) is 16.2 Å². The maximum absolute atomic E-state index is 11.1. The lowest BCUT2D eigenvalue weighted by molar-refractivity contribution is -0.129. The number of oxime groups is 1. The zero-order chi connectivity index (χ0) is 13.7. The van der Waals surface area contributed by atoms with E-state index in [1.54, 1.807) is 5.38 Å². The SMILES string of the molecule is O=C(O)C(=NOCc1ccccc1)c1csc(Br)n1. The molecule has 0 radical (unpaired) electrons. The lowest BCUT2D eigenvalue weighted by atomic mass is 10.2. The summed E-state index contributed by atoms with van der Waals surface area (Å²) in [6.45, 7) is 0.211. The summed E-state index contributed by atoms with van der Waals surface area (Å²) in [5.74, 6) is -1.18. The maximum Gasteiger partial charge on any atom is 0.360 e. The summed E-state index contributed by atoms with van der Waals surface area (Å²) in [4.78, 5) is 20.2. The van der Waals surface area contributed by atoms with Gasteiger partial charge in [0.25, 0.3) is 0 Å². The highest BCUT2D eigenvalue weighted by Gasteiger charge is 2.16. The number of carbonyl (C=O) groups is 1. The van der Waals surface area contributed by atoms with Crippen LogP contribution in [0.3, 0.4) is 0 Å². The maximum atomic E-state index is 11.1. The van der Waals surface area contributed by atoms with Crippen molar-refractivity contribution >= 4 is 38.9 Å². The van der Waals surface area contributed by atoms with Crippen molar-refractivity contribution in [1.29, 1.82) is 0 Å². The van der Waals surface area contributed by atoms with Crippen LogP contribution in [0.5, 0.6) is 0 Å². The zero-order valence-corrected chi connectivity index (χ0v) is 12.0. The number of aliphatic carboxylic acids is 1. The third-order valence-corrected chi connectivity index (χ3v) is 3.52. The van der Waals surface area contributed by atoms with Crippen LogP contribution < -0.4 is 0 Å². The molecule has 1 N–H and O–H groups in total. The highest BCUT2D eigenvalue weighted by Crippen LogP contribution is 2.16. The average molecular weight is 341 g/mol. The van der Waals surface area contributed by atoms with Gasteiger partial charge in [-0.15, -0.1) is 11.3 Å². The van der Waals surface area contributed by atoms with E-state index in [4.69, 9.17) is 9.94 Å². The average Bonchev–Trinajstić information content (AvgIpc) is 2.82. The number of rotatable bonds is 5. The Morgan fingerprint density at radius 1 is 1.42 bits per heavy atom. The topological polar surface area (TPSA) is 71.8 Å². The molecule has 0 aliphatic heterocycles. The van der Waals surface area contributed by atoms with Gasteiger partial charge < -0.3 is 9.94 Å². The van der Waals surface area contributed by atoms with Crippen molar-refractivity contribution in [2.75, 3.05) is 0 Å². The summed E-state index contributed by atoms with van der Waals surface area (Å²) >= 11 is 4.46. The second-order valence-corrected chi connectivity index (χ2v) is 5.62. The van der Waals surface area contributed by atoms with Crippen LogP contribution in [-0.4, -0.2) is 21.8 Å². The number of hydrogen-bond donors (Lipinski definition) is 1. The van der Waals surface area contributed by atoms with Gasteiger partial charge in [0.05, 0.1) is 0 Å². The van der Waals surface area contributed by atoms with E-state index in [1.165, 1.54) is 11.3 Å². The number of hydrogen-bond acceptors (Lipinski definition) is 5. The molecular formula is C12H9BrN2O3S. The Morgan fingerprint density at radius 2 is 2.16 bits per heavy atom. The van der Waals surface area contributed by atoms with Crippen molar-refractivity contribution in [2.24, 2.45) is 5.16 Å². The molecule has 0 aliphatic carbocycles. The fraction of sp³-hybridized carbons (Fsp3) is 0.0833. The van der Waals surface area contributed by atoms with Crippen molar-refractivity contribution in [2.45, 2.75) is 6.61 Å². The van der Waals surface area contributed by atoms with E-state index in [1.807, 2.05) is 30.3 Å². The number of carboxylic acid groups (broad SMARTS) is 1. The molecule has 0 bridgehead atoms. The fourth-order valence-electron chi connectivity index (χ4n) is 1.30. The van der Waals surface area contributed by atoms with Gasteiger partial charge in [-0.2, -0.15) is 0 Å². The molecule has 0 unspecified atom stereocenters. The van der Waals surface area contributed by atoms with Gasteiger partial charge in [0, 0.05) is 5.38 Å². The van der Waals surface area contributed by atoms with Crippen LogP contribution in [0.15, 0.2) is 44.8 Å². The van der Waals surface area contributed by atoms with E-state index >= 15 is 0 Å². The molecule has 0 saturated heterocycles. The molecule has 0 atom stereocenters. The normalized spacial score (nSPS) is 11.3. The molecule has 0 saturated carbocycles. The lowest BCUT2D eigenvalue weighted by Gasteiger charge is -2.01. The summed E-state index contributed by atoms with van der Waals surface area (Å²) in [6.07, 6.45) is 0. The van der Waals surface area contributed by atoms with Crippen LogP contribution >= 0.6 is 27.3 Å². The van der Waals surface area contributed by atoms with E-state index in [-0.39, 0.29) is 18.0 Å². The summed E-state index contributed by atoms with van der Waals surface area (Å²) < 4.78 is 0.597. The van der Waals surface area contributed by atoms with E-state index in [2.05, 4.69) is 26.1 Å². The van der Waals surface area contributed by atoms with E-state index in [9.17, 15) is 4.79 Å². The smallest absolute Gasteiger partial charge is 0.360 e. The molecular weight excluding hydrogens is 332 g/mol. The molecule has 0 fully saturated rings. The van der Waals surface area contributed by atoms with Gasteiger partial charge in [0.15, 0.2) is 3.92 Å². The van der Waals surface area contributed by atoms with Crippen LogP contribution in [0, 0.1) is 0 Å². The standard InChI is InChI=1S/C12H9BrN2O3S/c13-12-14-9(7-19-12)10(11(16)17)15-18-6-8-4-2-1-3-5-8/h1-5,7H,6H2,(H,16,17). The Bertz CT molecular complexity index is 598. The first-order chi connectivity index (χ1) is 9.16. The van der Waals surface area contributed by atoms with Gasteiger partial charge >= 0.3 is 5.97 Å². The first-order valence-corrected chi connectivity index (χ1v) is 6.92. The summed E-state index contributed by atoms with van der Waals surface area (Å²) in [6, 6.07) is 9.38. The number of thiazole rings is 1. The van der Waals surface area contributed by atoms with Gasteiger partial charge in [-0.1, -0.05) is 35.5 Å². The van der Waals surface area contributed by atoms with Gasteiger partial charge in [-0.25, -0.2) is 9.78 Å². The zero-order valence-electron chi connectivity index (χ0n) is 9.62. The van der Waals surface area contributed by atoms with Gasteiger partial charge in [-0.3, -0.25) is 0 Å². The summed E-state index contributed by atoms with van der Waals surface area (Å²) in [5, 5.41) is 14.3. The second kappa shape index (κ2) is 6.44. The number of halogens is 1. The number of nitrogens with zero attached hydrogens (tertiary/aromatic N) is 2. The molecule has 2 aromatic rings. The minimum atomic E-state index is -1.18. The Kier molecular flexibility index (Phi) is 4.64. The Morgan fingerprint density at radius 3 is 2.74 bits per heavy atom. The van der Waals surface area contributed by atoms with E-state index in [0.717, 1.165) is 5.56 Å². The minimum Gasteiger partial charge on any atom is -0.476 e. The molecule has 0 amide bonds. The van der Waals surface area contributed by atoms with Gasteiger partial charge in [0.1, 0.15) is 12.3 Å². The van der Waals surface area contributed by atoms with Crippen molar-refractivity contribution < 1.29 is 14.7 Å². The van der Waals surface area contributed by atoms with E-state index < -0.39 is 5.97 Å². The monoisotopic (exact) mass is 340 g/mol. The quantitative estimate of drug-likeness (QED) is 0.670. The molecule has 1 aromatic carbocycles. The molecule has 2 rings (SSSR count). The number of aromatic nitrogens is 1. The predicted octanol–water partition coefficient (Wildman–Crippen LogP) is 2.91. The van der Waals surface area contributed by atoms with Crippen molar-refractivity contribution in [3.8, 4) is 0 Å². The van der Waals surface area contributed by atoms with Crippen molar-refractivity contribution in [1.82, 2.24) is 4.98 Å². The van der Waals surface area contributed by atoms with Gasteiger partial charge in [0.2, 0.25) is 5.71 Å². The van der Waals surface area contributed by atoms with Crippen LogP contribution in [0.1, 0.15) is 11.3 Å². The van der Waals surface area contributed by atoms with Crippen LogP contribution in [0.25, 0.3) is 0 Å². The molecule has 1 aromatic heterocycles. The first kappa shape index (κ1) is 13.7. The van der Waals surface area contributed by atoms with Crippen LogP contribution in [0.4, 0.5) is 0 Å². The Hall–Kier alpha value is -1.73. The predicted molar refractivity (Wildman–Crippen MR) is 75.2 cm³/mol. The molecule has 1 heterocycles. The van der Waals surface area contributed by atoms with Crippen LogP contribution in [0.2, 0.25) is 0 Å². The molecule has 0 aliphatic rings. The highest BCUT2D eigenvalue weighted by molar-refractivity contribution is 9.11. The number of carboxylic acids is 1. The third-order valence-electron chi connectivity index (χ3n) is 2.15. The Labute approximate surface area is 121 Å². The molecule has 5 nitrogen and oxygen atoms in total. The third kappa shape index (κ3) is 3.87. The molecule has 19 heavy (non-hydrogen) atoms. The lowest BCUT2D eigenvalue weighted by Crippen LogP contribution is -2.15. The fourth-order valence-corrected chi connectivity index (χ4v) is 2.30. The molecule has 98 valence electrons. The van der Waals surface area contributed by atoms with Crippen molar-refractivity contribution in [3.63, 3.8) is 0 Å². The van der Waals surface area contributed by atoms with E-state index in [0.29, 0.717) is 3.92 Å². The highest BCUT2D eigenvalue weighted by atomic mass is 79.9. The summed E-state index contributed by atoms with van der Waals surface area (Å²) in [7, 11) is 0. The largest absolute Gasteiger partial charge is 0.476 e. The molecule has 7 heteroatoms. The molecule has 0 spiro atoms.